The van der Waals surface area contributed by atoms with E-state index in [2.05, 4.69) is 0 Å². The molecule has 440 valence electrons. The van der Waals surface area contributed by atoms with Crippen LogP contribution in [0, 0.1) is 35.5 Å². The van der Waals surface area contributed by atoms with Crippen LogP contribution in [-0.2, 0) is 72.8 Å². The van der Waals surface area contributed by atoms with Gasteiger partial charge in [0.05, 0.1) is 24.1 Å². The quantitative estimate of drug-likeness (QED) is 0.114. The highest BCUT2D eigenvalue weighted by Gasteiger charge is 2.53. The Morgan fingerprint density at radius 2 is 1.56 bits per heavy atom. The molecule has 2 saturated heterocycles. The van der Waals surface area contributed by atoms with Crippen LogP contribution in [0.1, 0.15) is 131 Å². The maximum absolute atomic E-state index is 14.6. The Hall–Kier alpha value is -4.89. The summed E-state index contributed by atoms with van der Waals surface area (Å²) in [5.74, 6) is -11.1. The highest BCUT2D eigenvalue weighted by atomic mass is 32.2. The van der Waals surface area contributed by atoms with E-state index in [0.29, 0.717) is 68.9 Å². The Morgan fingerprint density at radius 1 is 0.848 bits per heavy atom. The Bertz CT molecular complexity index is 2500. The van der Waals surface area contributed by atoms with Crippen molar-refractivity contribution < 1.29 is 80.9 Å². The van der Waals surface area contributed by atoms with Crippen molar-refractivity contribution in [3.8, 4) is 5.75 Å². The summed E-state index contributed by atoms with van der Waals surface area (Å²) in [6, 6.07) is 4.41. The molecule has 3 heterocycles. The van der Waals surface area contributed by atoms with Crippen LogP contribution in [0.4, 0.5) is 0 Å². The Labute approximate surface area is 467 Å². The average molecular weight is 1130 g/mol. The monoisotopic (exact) mass is 1130 g/mol. The largest absolute Gasteiger partial charge is 0.508 e. The first-order valence-corrected chi connectivity index (χ1v) is 29.8. The van der Waals surface area contributed by atoms with Crippen molar-refractivity contribution in [2.45, 2.75) is 186 Å². The molecule has 0 radical (unpaired) electrons. The smallest absolute Gasteiger partial charge is 0.329 e. The van der Waals surface area contributed by atoms with E-state index in [-0.39, 0.29) is 55.0 Å². The summed E-state index contributed by atoms with van der Waals surface area (Å²) < 4.78 is 61.3. The number of cyclic esters (lactones) is 1. The van der Waals surface area contributed by atoms with E-state index >= 15 is 0 Å². The van der Waals surface area contributed by atoms with Crippen LogP contribution < -0.4 is 0 Å². The number of hydrogen-bond donors (Lipinski definition) is 3. The number of hydrogen-bond acceptors (Lipinski definition) is 17. The zero-order valence-electron chi connectivity index (χ0n) is 47.9. The minimum atomic E-state index is -3.92. The van der Waals surface area contributed by atoms with E-state index in [0.717, 1.165) is 10.5 Å². The number of ketones is 3. The zero-order valence-corrected chi connectivity index (χ0v) is 48.7. The van der Waals surface area contributed by atoms with Gasteiger partial charge in [-0.1, -0.05) is 83.2 Å². The van der Waals surface area contributed by atoms with Crippen molar-refractivity contribution in [2.24, 2.45) is 35.5 Å². The second-order valence-corrected chi connectivity index (χ2v) is 24.8. The molecule has 4 aliphatic rings. The third-order valence-corrected chi connectivity index (χ3v) is 17.8. The number of ether oxygens (including phenoxy) is 6. The molecule has 3 N–H and O–H groups in total. The van der Waals surface area contributed by atoms with Gasteiger partial charge in [-0.05, 0) is 125 Å². The number of aromatic hydroxyl groups is 1. The van der Waals surface area contributed by atoms with Gasteiger partial charge < -0.3 is 48.6 Å². The highest BCUT2D eigenvalue weighted by molar-refractivity contribution is 7.91. The predicted octanol–water partition coefficient (Wildman–Crippen LogP) is 7.05. The summed E-state index contributed by atoms with van der Waals surface area (Å²) in [5, 5.41) is 33.2. The first-order chi connectivity index (χ1) is 37.3. The van der Waals surface area contributed by atoms with Gasteiger partial charge in [-0.2, -0.15) is 0 Å². The number of phenols is 1. The summed E-state index contributed by atoms with van der Waals surface area (Å²) in [5.41, 5.74) is 1.59. The average Bonchev–Trinajstić information content (AvgIpc) is 3.44. The normalized spacial score (nSPS) is 34.4. The van der Waals surface area contributed by atoms with Crippen LogP contribution in [0.5, 0.6) is 5.75 Å². The number of allylic oxidation sites excluding steroid dienone is 6. The second kappa shape index (κ2) is 29.7. The number of benzene rings is 1. The minimum absolute atomic E-state index is 0.0198. The van der Waals surface area contributed by atoms with Crippen molar-refractivity contribution in [1.82, 2.24) is 4.90 Å². The number of carbonyl (C=O) groups excluding carboxylic acids is 6. The maximum atomic E-state index is 14.6. The molecule has 0 aromatic heterocycles. The molecule has 3 aliphatic heterocycles. The second-order valence-electron chi connectivity index (χ2n) is 22.8. The number of nitrogens with zero attached hydrogens (tertiary/aromatic N) is 1. The molecule has 0 spiro atoms. The number of esters is 2. The molecule has 2 bridgehead atoms. The van der Waals surface area contributed by atoms with Gasteiger partial charge in [0.15, 0.2) is 15.6 Å². The molecule has 1 saturated carbocycles. The molecule has 1 amide bonds. The van der Waals surface area contributed by atoms with Gasteiger partial charge >= 0.3 is 11.9 Å². The minimum Gasteiger partial charge on any atom is -0.508 e. The van der Waals surface area contributed by atoms with E-state index in [1.165, 1.54) is 38.5 Å². The van der Waals surface area contributed by atoms with Crippen LogP contribution in [0.2, 0.25) is 0 Å². The van der Waals surface area contributed by atoms with Crippen molar-refractivity contribution in [3.05, 3.63) is 77.4 Å². The number of sulfone groups is 1. The van der Waals surface area contributed by atoms with Crippen LogP contribution in [0.3, 0.4) is 0 Å². The van der Waals surface area contributed by atoms with Gasteiger partial charge in [0.1, 0.15) is 47.7 Å². The molecule has 15 atom stereocenters. The summed E-state index contributed by atoms with van der Waals surface area (Å²) >= 11 is 0. The molecule has 3 fully saturated rings. The summed E-state index contributed by atoms with van der Waals surface area (Å²) in [4.78, 5) is 85.7. The topological polar surface area (TPSA) is 256 Å². The fourth-order valence-electron chi connectivity index (χ4n) is 11.5. The number of rotatable bonds is 11. The fourth-order valence-corrected chi connectivity index (χ4v) is 12.7. The number of aliphatic hydroxyl groups is 2. The Morgan fingerprint density at radius 3 is 2.23 bits per heavy atom. The third kappa shape index (κ3) is 18.1. The maximum Gasteiger partial charge on any atom is 0.329 e. The number of piperidine rings is 1. The van der Waals surface area contributed by atoms with E-state index in [4.69, 9.17) is 28.4 Å². The number of fused-ring (bicyclic) bond motifs is 3. The number of Topliss-reactive ketones (excluding diaryl/α,β-unsaturated/α-hetero) is 3. The number of aliphatic hydroxyl groups excluding tert-OH is 1. The van der Waals surface area contributed by atoms with Crippen molar-refractivity contribution in [1.29, 1.82) is 0 Å². The number of methoxy groups -OCH3 is 3. The van der Waals surface area contributed by atoms with Crippen LogP contribution in [0.25, 0.3) is 0 Å². The van der Waals surface area contributed by atoms with E-state index in [9.17, 15) is 52.5 Å². The van der Waals surface area contributed by atoms with Crippen LogP contribution in [0.15, 0.2) is 71.9 Å². The fraction of sp³-hybridized carbons (Fsp3) is 0.667. The lowest BCUT2D eigenvalue weighted by molar-refractivity contribution is -0.265. The van der Waals surface area contributed by atoms with Gasteiger partial charge in [-0.25, -0.2) is 13.2 Å². The van der Waals surface area contributed by atoms with Crippen LogP contribution >= 0.6 is 0 Å². The van der Waals surface area contributed by atoms with Crippen molar-refractivity contribution in [3.63, 3.8) is 0 Å². The summed E-state index contributed by atoms with van der Waals surface area (Å²) in [6.45, 7) is 12.4. The SMILES string of the molecule is CO[C@H]1C[C@@H]2CC[C@@H](C)[C@@](O)(O2)C(=O)C(=O)N2CCCC[C@H]2C(=O)O[C@H]([C@H](C)C[C@@H]2CC[C@@H](OC(=O)CS(=O)(=O)Cc3ccc(O)cc3)[C@H](OC)C2)CC(=O)[C@H](C)/C=C(\C)[C@@H](O)[C@@H](OC)C(=O)[C@H](C)C[C@H](C)/C=C/C=CC=C1C. The molecular formula is C60H87NO17S. The molecule has 0 unspecified atom stereocenters. The van der Waals surface area contributed by atoms with E-state index in [1.807, 2.05) is 51.2 Å². The number of carbonyl (C=O) groups is 6. The van der Waals surface area contributed by atoms with Crippen molar-refractivity contribution in [2.75, 3.05) is 33.6 Å². The first-order valence-electron chi connectivity index (χ1n) is 28.0. The predicted molar refractivity (Wildman–Crippen MR) is 295 cm³/mol. The Balaban J connectivity index is 1.41. The number of phenolic OH excluding ortho intramolecular Hbond substituents is 1. The van der Waals surface area contributed by atoms with Gasteiger partial charge in [0, 0.05) is 58.5 Å². The zero-order chi connectivity index (χ0) is 58.4. The first kappa shape index (κ1) is 64.9. The lowest BCUT2D eigenvalue weighted by Crippen LogP contribution is -2.61. The van der Waals surface area contributed by atoms with Crippen LogP contribution in [-0.4, -0.2) is 152 Å². The van der Waals surface area contributed by atoms with Crippen molar-refractivity contribution >= 4 is 45.0 Å². The number of amides is 1. The molecule has 1 aromatic rings. The molecule has 18 nitrogen and oxygen atoms in total. The van der Waals surface area contributed by atoms with E-state index < -0.39 is 123 Å². The highest BCUT2D eigenvalue weighted by Crippen LogP contribution is 2.38. The van der Waals surface area contributed by atoms with E-state index in [1.54, 1.807) is 40.9 Å². The lowest BCUT2D eigenvalue weighted by atomic mass is 9.78. The molecule has 79 heavy (non-hydrogen) atoms. The van der Waals surface area contributed by atoms with Gasteiger partial charge in [-0.3, -0.25) is 24.0 Å². The Kier molecular flexibility index (Phi) is 24.4. The molecular weight excluding hydrogens is 1040 g/mol. The van der Waals surface area contributed by atoms with Gasteiger partial charge in [0.2, 0.25) is 5.79 Å². The molecule has 1 aromatic carbocycles. The summed E-state index contributed by atoms with van der Waals surface area (Å²) in [6.07, 6.45) is 9.03. The third-order valence-electron chi connectivity index (χ3n) is 16.4. The summed E-state index contributed by atoms with van der Waals surface area (Å²) in [7, 11) is 0.459. The van der Waals surface area contributed by atoms with Gasteiger partial charge in [0.25, 0.3) is 11.7 Å². The molecule has 19 heteroatoms. The lowest BCUT2D eigenvalue weighted by Gasteiger charge is -2.42. The molecule has 1 aliphatic carbocycles. The standard InChI is InChI=1S/C60H87NO17S/c1-36-16-12-11-13-17-37(2)50(73-8)32-46-25-19-42(7)60(70,78-46)57(67)58(68)61-27-15-14-18-47(61)59(69)77-51(33-48(63)38(3)29-41(6)55(66)56(75-10)54(65)40(5)28-36)39(4)30-44-22-26-49(52(31-44)74-9)76-53(64)35-79(71,72)34-43-20-23-45(62)24-21-43/h11-13,16-17,20-21,23-24,29,36,38-40,42,44,46-47,49-52,55-56,62,66,70H,14-15,18-19,22,25-28,30-35H2,1-10H3/b13-11?,16-12+,37-17?,41-29+/t36-,38-,39-,40-,42-,44+,46+,47+,49-,50+,51+,52-,55-,56+,60-/m1/s1. The van der Waals surface area contributed by atoms with Gasteiger partial charge in [-0.15, -0.1) is 0 Å². The molecule has 5 rings (SSSR count).